The van der Waals surface area contributed by atoms with Gasteiger partial charge in [-0.2, -0.15) is 0 Å². The van der Waals surface area contributed by atoms with Gasteiger partial charge in [-0.1, -0.05) is 19.1 Å². The number of hydrogen-bond acceptors (Lipinski definition) is 4. The number of carbonyl (C=O) groups is 1. The van der Waals surface area contributed by atoms with E-state index in [2.05, 4.69) is 15.3 Å². The number of rotatable bonds is 5. The maximum absolute atomic E-state index is 12.1. The first-order chi connectivity index (χ1) is 9.74. The molecule has 20 heavy (non-hydrogen) atoms. The summed E-state index contributed by atoms with van der Waals surface area (Å²) in [7, 11) is 1.63. The van der Waals surface area contributed by atoms with Crippen molar-refractivity contribution < 1.29 is 9.53 Å². The molecule has 1 amide bonds. The van der Waals surface area contributed by atoms with Gasteiger partial charge < -0.3 is 10.1 Å². The van der Waals surface area contributed by atoms with Crippen LogP contribution in [0.15, 0.2) is 42.9 Å². The lowest BCUT2D eigenvalue weighted by Crippen LogP contribution is -2.28. The first kappa shape index (κ1) is 14.0. The zero-order chi connectivity index (χ0) is 14.4. The Morgan fingerprint density at radius 3 is 2.60 bits per heavy atom. The number of carbonyl (C=O) groups excluding carboxylic acids is 1. The van der Waals surface area contributed by atoms with Crippen LogP contribution in [0.3, 0.4) is 0 Å². The van der Waals surface area contributed by atoms with Crippen molar-refractivity contribution in [3.8, 4) is 5.75 Å². The molecule has 0 aliphatic carbocycles. The maximum atomic E-state index is 12.1. The number of amides is 1. The zero-order valence-corrected chi connectivity index (χ0v) is 11.5. The molecular formula is C15H17N3O2. The van der Waals surface area contributed by atoms with Gasteiger partial charge in [0.05, 0.1) is 19.3 Å². The number of aromatic nitrogens is 2. The molecule has 0 aliphatic heterocycles. The number of hydrogen-bond donors (Lipinski definition) is 1. The highest BCUT2D eigenvalue weighted by molar-refractivity contribution is 5.92. The van der Waals surface area contributed by atoms with Crippen molar-refractivity contribution in [3.05, 3.63) is 54.1 Å². The predicted octanol–water partition coefficient (Wildman–Crippen LogP) is 2.37. The van der Waals surface area contributed by atoms with Crippen molar-refractivity contribution in [1.29, 1.82) is 0 Å². The number of ether oxygens (including phenoxy) is 1. The van der Waals surface area contributed by atoms with Crippen molar-refractivity contribution >= 4 is 5.91 Å². The molecule has 0 saturated carbocycles. The Bertz CT molecular complexity index is 555. The molecule has 1 atom stereocenters. The predicted molar refractivity (Wildman–Crippen MR) is 75.5 cm³/mol. The molecule has 5 heteroatoms. The average Bonchev–Trinajstić information content (AvgIpc) is 2.53. The molecule has 0 spiro atoms. The highest BCUT2D eigenvalue weighted by Gasteiger charge is 2.15. The summed E-state index contributed by atoms with van der Waals surface area (Å²) in [6.45, 7) is 2.02. The van der Waals surface area contributed by atoms with Crippen LogP contribution in [0.1, 0.15) is 35.4 Å². The first-order valence-corrected chi connectivity index (χ1v) is 6.45. The Morgan fingerprint density at radius 2 is 2.05 bits per heavy atom. The molecule has 1 aromatic heterocycles. The Labute approximate surface area is 118 Å². The van der Waals surface area contributed by atoms with E-state index in [9.17, 15) is 4.79 Å². The summed E-state index contributed by atoms with van der Waals surface area (Å²) in [6, 6.07) is 7.60. The van der Waals surface area contributed by atoms with Gasteiger partial charge in [0.25, 0.3) is 5.91 Å². The average molecular weight is 271 g/mol. The van der Waals surface area contributed by atoms with E-state index in [1.165, 1.54) is 18.6 Å². The molecule has 0 aliphatic rings. The van der Waals surface area contributed by atoms with Gasteiger partial charge in [0.2, 0.25) is 0 Å². The SMILES string of the molecule is CCC(NC(=O)c1cnccn1)c1ccc(OC)cc1. The molecule has 1 aromatic carbocycles. The van der Waals surface area contributed by atoms with Gasteiger partial charge in [-0.05, 0) is 24.1 Å². The molecule has 2 rings (SSSR count). The minimum atomic E-state index is -0.222. The van der Waals surface area contributed by atoms with Crippen LogP contribution in [0.4, 0.5) is 0 Å². The van der Waals surface area contributed by atoms with Crippen LogP contribution in [0, 0.1) is 0 Å². The van der Waals surface area contributed by atoms with Gasteiger partial charge >= 0.3 is 0 Å². The molecule has 2 aromatic rings. The molecular weight excluding hydrogens is 254 g/mol. The highest BCUT2D eigenvalue weighted by atomic mass is 16.5. The van der Waals surface area contributed by atoms with E-state index in [0.717, 1.165) is 17.7 Å². The van der Waals surface area contributed by atoms with Gasteiger partial charge in [0, 0.05) is 12.4 Å². The second-order valence-electron chi connectivity index (χ2n) is 4.30. The lowest BCUT2D eigenvalue weighted by Gasteiger charge is -2.17. The van der Waals surface area contributed by atoms with Gasteiger partial charge in [-0.15, -0.1) is 0 Å². The van der Waals surface area contributed by atoms with E-state index >= 15 is 0 Å². The highest BCUT2D eigenvalue weighted by Crippen LogP contribution is 2.20. The summed E-state index contributed by atoms with van der Waals surface area (Å²) in [4.78, 5) is 20.0. The number of nitrogens with one attached hydrogen (secondary N) is 1. The number of nitrogens with zero attached hydrogens (tertiary/aromatic N) is 2. The van der Waals surface area contributed by atoms with E-state index in [1.807, 2.05) is 31.2 Å². The molecule has 1 unspecified atom stereocenters. The maximum Gasteiger partial charge on any atom is 0.271 e. The second kappa shape index (κ2) is 6.65. The molecule has 1 heterocycles. The minimum absolute atomic E-state index is 0.0598. The molecule has 0 radical (unpaired) electrons. The topological polar surface area (TPSA) is 64.1 Å². The van der Waals surface area contributed by atoms with Crippen molar-refractivity contribution in [2.24, 2.45) is 0 Å². The van der Waals surface area contributed by atoms with Crippen molar-refractivity contribution in [2.75, 3.05) is 7.11 Å². The Balaban J connectivity index is 2.10. The fourth-order valence-corrected chi connectivity index (χ4v) is 1.91. The van der Waals surface area contributed by atoms with Gasteiger partial charge in [0.1, 0.15) is 11.4 Å². The number of methoxy groups -OCH3 is 1. The van der Waals surface area contributed by atoms with Crippen molar-refractivity contribution in [3.63, 3.8) is 0 Å². The number of benzene rings is 1. The molecule has 5 nitrogen and oxygen atoms in total. The summed E-state index contributed by atoms with van der Waals surface area (Å²) < 4.78 is 5.13. The van der Waals surface area contributed by atoms with Crippen LogP contribution in [0.2, 0.25) is 0 Å². The second-order valence-corrected chi connectivity index (χ2v) is 4.30. The van der Waals surface area contributed by atoms with E-state index < -0.39 is 0 Å². The quantitative estimate of drug-likeness (QED) is 0.906. The Morgan fingerprint density at radius 1 is 1.30 bits per heavy atom. The third-order valence-electron chi connectivity index (χ3n) is 3.03. The van der Waals surface area contributed by atoms with Crippen LogP contribution in [-0.4, -0.2) is 23.0 Å². The van der Waals surface area contributed by atoms with Gasteiger partial charge in [-0.3, -0.25) is 9.78 Å². The van der Waals surface area contributed by atoms with E-state index in [-0.39, 0.29) is 11.9 Å². The normalized spacial score (nSPS) is 11.7. The molecule has 104 valence electrons. The smallest absolute Gasteiger partial charge is 0.271 e. The van der Waals surface area contributed by atoms with Crippen LogP contribution in [0.5, 0.6) is 5.75 Å². The van der Waals surface area contributed by atoms with Gasteiger partial charge in [-0.25, -0.2) is 4.98 Å². The van der Waals surface area contributed by atoms with Crippen LogP contribution in [-0.2, 0) is 0 Å². The van der Waals surface area contributed by atoms with Gasteiger partial charge in [0.15, 0.2) is 0 Å². The summed E-state index contributed by atoms with van der Waals surface area (Å²) in [5.41, 5.74) is 1.35. The van der Waals surface area contributed by atoms with Crippen LogP contribution in [0.25, 0.3) is 0 Å². The molecule has 0 bridgehead atoms. The molecule has 0 saturated heterocycles. The third kappa shape index (κ3) is 3.32. The van der Waals surface area contributed by atoms with Crippen molar-refractivity contribution in [2.45, 2.75) is 19.4 Å². The largest absolute Gasteiger partial charge is 0.497 e. The minimum Gasteiger partial charge on any atom is -0.497 e. The summed E-state index contributed by atoms with van der Waals surface area (Å²) in [5, 5.41) is 2.95. The lowest BCUT2D eigenvalue weighted by molar-refractivity contribution is 0.0930. The summed E-state index contributed by atoms with van der Waals surface area (Å²) >= 11 is 0. The van der Waals surface area contributed by atoms with E-state index in [0.29, 0.717) is 5.69 Å². The van der Waals surface area contributed by atoms with Crippen LogP contribution < -0.4 is 10.1 Å². The van der Waals surface area contributed by atoms with E-state index in [1.54, 1.807) is 7.11 Å². The monoisotopic (exact) mass is 271 g/mol. The van der Waals surface area contributed by atoms with E-state index in [4.69, 9.17) is 4.74 Å². The fraction of sp³-hybridized carbons (Fsp3) is 0.267. The molecule has 0 fully saturated rings. The molecule has 1 N–H and O–H groups in total. The fourth-order valence-electron chi connectivity index (χ4n) is 1.91. The Kier molecular flexibility index (Phi) is 4.65. The zero-order valence-electron chi connectivity index (χ0n) is 11.5. The lowest BCUT2D eigenvalue weighted by atomic mass is 10.0. The van der Waals surface area contributed by atoms with Crippen LogP contribution >= 0.6 is 0 Å². The van der Waals surface area contributed by atoms with Crippen molar-refractivity contribution in [1.82, 2.24) is 15.3 Å². The standard InChI is InChI=1S/C15H17N3O2/c1-3-13(11-4-6-12(20-2)7-5-11)18-15(19)14-10-16-8-9-17-14/h4-10,13H,3H2,1-2H3,(H,18,19). The Hall–Kier alpha value is -2.43. The third-order valence-corrected chi connectivity index (χ3v) is 3.03. The first-order valence-electron chi connectivity index (χ1n) is 6.45. The summed E-state index contributed by atoms with van der Waals surface area (Å²) in [5.74, 6) is 0.574. The summed E-state index contributed by atoms with van der Waals surface area (Å²) in [6.07, 6.45) is 5.29.